The molecular formula is C19H18FN3O4S. The van der Waals surface area contributed by atoms with Crippen LogP contribution in [0, 0.1) is 5.82 Å². The van der Waals surface area contributed by atoms with Crippen LogP contribution < -0.4 is 20.9 Å². The molecule has 2 aromatic carbocycles. The molecule has 0 aliphatic carbocycles. The number of rotatable bonds is 4. The molecule has 0 aromatic heterocycles. The van der Waals surface area contributed by atoms with Crippen molar-refractivity contribution in [2.75, 3.05) is 5.32 Å². The van der Waals surface area contributed by atoms with Crippen molar-refractivity contribution in [3.63, 3.8) is 0 Å². The monoisotopic (exact) mass is 403 g/mol. The molecule has 1 aliphatic heterocycles. The molecular weight excluding hydrogens is 385 g/mol. The van der Waals surface area contributed by atoms with Gasteiger partial charge in [0.05, 0.1) is 10.9 Å². The van der Waals surface area contributed by atoms with Crippen LogP contribution in [0.1, 0.15) is 24.2 Å². The number of anilines is 1. The number of para-hydroxylation sites is 1. The van der Waals surface area contributed by atoms with Crippen molar-refractivity contribution < 1.29 is 23.5 Å². The molecule has 0 saturated carbocycles. The molecule has 7 nitrogen and oxygen atoms in total. The maximum absolute atomic E-state index is 13.6. The number of hydrogen-bond acceptors (Lipinski definition) is 5. The number of amides is 3. The number of carbonyl (C=O) groups excluding carboxylic acids is 3. The highest BCUT2D eigenvalue weighted by Gasteiger charge is 2.24. The van der Waals surface area contributed by atoms with Crippen molar-refractivity contribution in [2.45, 2.75) is 30.1 Å². The van der Waals surface area contributed by atoms with Crippen molar-refractivity contribution in [2.24, 2.45) is 0 Å². The van der Waals surface area contributed by atoms with E-state index in [1.807, 2.05) is 0 Å². The van der Waals surface area contributed by atoms with E-state index in [1.165, 1.54) is 43.0 Å². The number of benzene rings is 2. The van der Waals surface area contributed by atoms with Gasteiger partial charge in [-0.25, -0.2) is 4.39 Å². The number of hydrogen-bond donors (Lipinski definition) is 3. The lowest BCUT2D eigenvalue weighted by Gasteiger charge is -2.21. The first-order valence-corrected chi connectivity index (χ1v) is 9.36. The lowest BCUT2D eigenvalue weighted by atomic mass is 10.2. The van der Waals surface area contributed by atoms with Crippen molar-refractivity contribution in [1.29, 1.82) is 0 Å². The van der Waals surface area contributed by atoms with E-state index >= 15 is 0 Å². The normalized spacial score (nSPS) is 16.4. The van der Waals surface area contributed by atoms with E-state index in [4.69, 9.17) is 4.74 Å². The van der Waals surface area contributed by atoms with E-state index in [0.717, 1.165) is 4.90 Å². The number of fused-ring (bicyclic) bond motifs is 1. The van der Waals surface area contributed by atoms with Crippen LogP contribution in [0.15, 0.2) is 47.4 Å². The molecule has 0 spiro atoms. The second-order valence-electron chi connectivity index (χ2n) is 6.09. The Hall–Kier alpha value is -3.07. The van der Waals surface area contributed by atoms with E-state index in [9.17, 15) is 18.8 Å². The van der Waals surface area contributed by atoms with Crippen LogP contribution >= 0.6 is 11.8 Å². The Balaban J connectivity index is 1.58. The summed E-state index contributed by atoms with van der Waals surface area (Å²) in [6.07, 6.45) is -1.03. The first-order valence-electron chi connectivity index (χ1n) is 8.48. The molecule has 2 unspecified atom stereocenters. The predicted octanol–water partition coefficient (Wildman–Crippen LogP) is 2.49. The molecule has 3 amide bonds. The fourth-order valence-electron chi connectivity index (χ4n) is 2.43. The minimum absolute atomic E-state index is 0.0615. The van der Waals surface area contributed by atoms with Gasteiger partial charge in [0.15, 0.2) is 17.7 Å². The summed E-state index contributed by atoms with van der Waals surface area (Å²) in [5, 5.41) is 2.53. The summed E-state index contributed by atoms with van der Waals surface area (Å²) < 4.78 is 18.8. The topological polar surface area (TPSA) is 96.5 Å². The van der Waals surface area contributed by atoms with Crippen molar-refractivity contribution in [3.05, 3.63) is 53.8 Å². The van der Waals surface area contributed by atoms with Crippen LogP contribution in [0.4, 0.5) is 10.1 Å². The van der Waals surface area contributed by atoms with E-state index in [2.05, 4.69) is 16.2 Å². The summed E-state index contributed by atoms with van der Waals surface area (Å²) in [4.78, 5) is 37.0. The van der Waals surface area contributed by atoms with E-state index in [-0.39, 0.29) is 22.5 Å². The zero-order valence-electron chi connectivity index (χ0n) is 15.1. The molecule has 0 bridgehead atoms. The fraction of sp³-hybridized carbons (Fsp3) is 0.211. The van der Waals surface area contributed by atoms with Gasteiger partial charge in [-0.2, -0.15) is 0 Å². The van der Waals surface area contributed by atoms with Gasteiger partial charge in [-0.3, -0.25) is 25.2 Å². The highest BCUT2D eigenvalue weighted by molar-refractivity contribution is 8.00. The minimum atomic E-state index is -1.03. The second-order valence-corrected chi connectivity index (χ2v) is 7.48. The maximum atomic E-state index is 13.6. The van der Waals surface area contributed by atoms with Gasteiger partial charge >= 0.3 is 0 Å². The molecule has 3 N–H and O–H groups in total. The van der Waals surface area contributed by atoms with Gasteiger partial charge in [-0.1, -0.05) is 12.1 Å². The third-order valence-electron chi connectivity index (χ3n) is 3.98. The Morgan fingerprint density at radius 2 is 1.96 bits per heavy atom. The summed E-state index contributed by atoms with van der Waals surface area (Å²) in [6, 6.07) is 10.6. The average Bonchev–Trinajstić information content (AvgIpc) is 2.68. The summed E-state index contributed by atoms with van der Waals surface area (Å²) in [5.74, 6) is -2.00. The van der Waals surface area contributed by atoms with Gasteiger partial charge in [-0.05, 0) is 44.2 Å². The summed E-state index contributed by atoms with van der Waals surface area (Å²) in [7, 11) is 0. The lowest BCUT2D eigenvalue weighted by Crippen LogP contribution is -2.47. The van der Waals surface area contributed by atoms with Gasteiger partial charge in [0.2, 0.25) is 5.91 Å². The first kappa shape index (κ1) is 19.7. The lowest BCUT2D eigenvalue weighted by molar-refractivity contribution is -0.128. The third kappa shape index (κ3) is 4.42. The second kappa shape index (κ2) is 8.30. The first-order chi connectivity index (χ1) is 13.3. The van der Waals surface area contributed by atoms with Gasteiger partial charge < -0.3 is 10.1 Å². The van der Waals surface area contributed by atoms with Crippen LogP contribution in [-0.4, -0.2) is 29.1 Å². The Labute approximate surface area is 165 Å². The number of ether oxygens (including phenoxy) is 1. The van der Waals surface area contributed by atoms with Gasteiger partial charge in [0, 0.05) is 10.5 Å². The number of halogens is 1. The Kier molecular flexibility index (Phi) is 5.84. The van der Waals surface area contributed by atoms with Crippen LogP contribution in [0.5, 0.6) is 5.75 Å². The third-order valence-corrected chi connectivity index (χ3v) is 5.16. The van der Waals surface area contributed by atoms with Crippen molar-refractivity contribution in [3.8, 4) is 5.75 Å². The smallest absolute Gasteiger partial charge is 0.279 e. The molecule has 0 fully saturated rings. The summed E-state index contributed by atoms with van der Waals surface area (Å²) >= 11 is 1.40. The van der Waals surface area contributed by atoms with E-state index in [1.54, 1.807) is 25.1 Å². The summed E-state index contributed by atoms with van der Waals surface area (Å²) in [6.45, 7) is 3.23. The van der Waals surface area contributed by atoms with Crippen LogP contribution in [0.3, 0.4) is 0 Å². The van der Waals surface area contributed by atoms with Crippen LogP contribution in [0.2, 0.25) is 0 Å². The quantitative estimate of drug-likeness (QED) is 0.682. The average molecular weight is 403 g/mol. The Bertz CT molecular complexity index is 937. The minimum Gasteiger partial charge on any atom is -0.478 e. The zero-order chi connectivity index (χ0) is 20.3. The fourth-order valence-corrected chi connectivity index (χ4v) is 3.36. The number of nitrogens with one attached hydrogen (secondary N) is 3. The molecule has 146 valence electrons. The van der Waals surface area contributed by atoms with Crippen molar-refractivity contribution in [1.82, 2.24) is 10.9 Å². The van der Waals surface area contributed by atoms with Crippen LogP contribution in [0.25, 0.3) is 0 Å². The molecule has 28 heavy (non-hydrogen) atoms. The molecule has 1 aliphatic rings. The molecule has 3 rings (SSSR count). The number of carbonyl (C=O) groups is 3. The SMILES string of the molecule is CC(Oc1ccccc1F)C(=O)NNC(=O)c1ccc2c(c1)NC(=O)C(C)S2. The number of thioether (sulfide) groups is 1. The number of hydrazine groups is 1. The van der Waals surface area contributed by atoms with E-state index < -0.39 is 23.7 Å². The zero-order valence-corrected chi connectivity index (χ0v) is 15.9. The molecule has 0 saturated heterocycles. The van der Waals surface area contributed by atoms with Crippen molar-refractivity contribution >= 4 is 35.2 Å². The molecule has 2 aromatic rings. The van der Waals surface area contributed by atoms with Gasteiger partial charge in [-0.15, -0.1) is 11.8 Å². The summed E-state index contributed by atoms with van der Waals surface area (Å²) in [5.41, 5.74) is 5.32. The molecule has 2 atom stereocenters. The van der Waals surface area contributed by atoms with E-state index in [0.29, 0.717) is 5.69 Å². The Morgan fingerprint density at radius 1 is 1.21 bits per heavy atom. The Morgan fingerprint density at radius 3 is 2.71 bits per heavy atom. The van der Waals surface area contributed by atoms with Gasteiger partial charge in [0.1, 0.15) is 0 Å². The molecule has 1 heterocycles. The molecule has 9 heteroatoms. The standard InChI is InChI=1S/C19H18FN3O4S/c1-10(27-15-6-4-3-5-13(15)20)17(24)22-23-19(26)12-7-8-16-14(9-12)21-18(25)11(2)28-16/h3-11H,1-2H3,(H,21,25)(H,22,24)(H,23,26). The largest absolute Gasteiger partial charge is 0.478 e. The highest BCUT2D eigenvalue weighted by atomic mass is 32.2. The highest BCUT2D eigenvalue weighted by Crippen LogP contribution is 2.35. The maximum Gasteiger partial charge on any atom is 0.279 e. The van der Waals surface area contributed by atoms with Gasteiger partial charge in [0.25, 0.3) is 11.8 Å². The van der Waals surface area contributed by atoms with Crippen LogP contribution in [-0.2, 0) is 9.59 Å². The predicted molar refractivity (Wildman–Crippen MR) is 102 cm³/mol. The molecule has 0 radical (unpaired) electrons.